The van der Waals surface area contributed by atoms with Gasteiger partial charge in [-0.2, -0.15) is 13.2 Å². The van der Waals surface area contributed by atoms with Crippen LogP contribution in [0.2, 0.25) is 15.1 Å². The maximum absolute atomic E-state index is 13.0. The van der Waals surface area contributed by atoms with E-state index in [9.17, 15) is 18.0 Å². The Morgan fingerprint density at radius 3 is 2.15 bits per heavy atom. The summed E-state index contributed by atoms with van der Waals surface area (Å²) in [6, 6.07) is 1.96. The van der Waals surface area contributed by atoms with Gasteiger partial charge in [-0.1, -0.05) is 34.8 Å². The van der Waals surface area contributed by atoms with Crippen LogP contribution in [0.1, 0.15) is 12.5 Å². The molecule has 0 saturated heterocycles. The van der Waals surface area contributed by atoms with Gasteiger partial charge in [0.1, 0.15) is 0 Å². The molecule has 0 aromatic heterocycles. The van der Waals surface area contributed by atoms with Crippen molar-refractivity contribution in [3.63, 3.8) is 0 Å². The molecule has 1 rings (SSSR count). The number of hydrogen-bond acceptors (Lipinski definition) is 2. The number of benzene rings is 1. The third-order valence-electron chi connectivity index (χ3n) is 2.15. The van der Waals surface area contributed by atoms with Crippen molar-refractivity contribution >= 4 is 46.3 Å². The minimum atomic E-state index is -4.77. The zero-order valence-corrected chi connectivity index (χ0v) is 12.3. The van der Waals surface area contributed by atoms with Gasteiger partial charge in [-0.3, -0.25) is 0 Å². The lowest BCUT2D eigenvalue weighted by Gasteiger charge is -2.13. The molecular formula is C12H8Cl3F3O2. The summed E-state index contributed by atoms with van der Waals surface area (Å²) < 4.78 is 43.4. The average molecular weight is 348 g/mol. The summed E-state index contributed by atoms with van der Waals surface area (Å²) >= 11 is 17.0. The number of carbonyl (C=O) groups is 1. The zero-order valence-electron chi connectivity index (χ0n) is 10.0. The number of rotatable bonds is 3. The van der Waals surface area contributed by atoms with Crippen LogP contribution < -0.4 is 0 Å². The maximum atomic E-state index is 13.0. The van der Waals surface area contributed by atoms with Gasteiger partial charge in [-0.15, -0.1) is 0 Å². The lowest BCUT2D eigenvalue weighted by molar-refractivity contribution is -0.137. The summed E-state index contributed by atoms with van der Waals surface area (Å²) in [5.41, 5.74) is -1.58. The first-order valence-corrected chi connectivity index (χ1v) is 6.40. The van der Waals surface area contributed by atoms with Crippen molar-refractivity contribution < 1.29 is 22.7 Å². The number of esters is 1. The van der Waals surface area contributed by atoms with E-state index < -0.39 is 17.7 Å². The van der Waals surface area contributed by atoms with Gasteiger partial charge in [0.15, 0.2) is 0 Å². The molecule has 20 heavy (non-hydrogen) atoms. The van der Waals surface area contributed by atoms with E-state index in [4.69, 9.17) is 34.8 Å². The molecule has 0 saturated carbocycles. The summed E-state index contributed by atoms with van der Waals surface area (Å²) in [6.07, 6.45) is -4.42. The molecule has 0 spiro atoms. The minimum absolute atomic E-state index is 0.0391. The fraction of sp³-hybridized carbons (Fsp3) is 0.250. The molecule has 0 aliphatic carbocycles. The highest BCUT2D eigenvalue weighted by molar-refractivity contribution is 6.48. The van der Waals surface area contributed by atoms with Crippen LogP contribution in [0.5, 0.6) is 0 Å². The van der Waals surface area contributed by atoms with Crippen LogP contribution in [0, 0.1) is 0 Å². The van der Waals surface area contributed by atoms with Crippen LogP contribution in [0.15, 0.2) is 18.2 Å². The van der Waals surface area contributed by atoms with Crippen molar-refractivity contribution in [2.24, 2.45) is 0 Å². The lowest BCUT2D eigenvalue weighted by atomic mass is 10.1. The summed E-state index contributed by atoms with van der Waals surface area (Å²) in [5, 5.41) is -0.351. The second kappa shape index (κ2) is 6.70. The van der Waals surface area contributed by atoms with Gasteiger partial charge in [0.25, 0.3) is 0 Å². The number of halogens is 6. The van der Waals surface area contributed by atoms with E-state index in [2.05, 4.69) is 4.74 Å². The van der Waals surface area contributed by atoms with E-state index in [0.717, 1.165) is 12.1 Å². The topological polar surface area (TPSA) is 26.3 Å². The molecule has 8 heteroatoms. The fourth-order valence-corrected chi connectivity index (χ4v) is 1.94. The summed E-state index contributed by atoms with van der Waals surface area (Å²) in [7, 11) is 0. The summed E-state index contributed by atoms with van der Waals surface area (Å²) in [4.78, 5) is 11.2. The largest absolute Gasteiger partial charge is 0.463 e. The van der Waals surface area contributed by atoms with Crippen LogP contribution in [-0.2, 0) is 9.53 Å². The Kier molecular flexibility index (Phi) is 5.74. The van der Waals surface area contributed by atoms with Gasteiger partial charge in [-0.25, -0.2) is 4.79 Å². The molecule has 0 bridgehead atoms. The van der Waals surface area contributed by atoms with Gasteiger partial charge in [0.05, 0.1) is 27.2 Å². The monoisotopic (exact) mass is 346 g/mol. The summed E-state index contributed by atoms with van der Waals surface area (Å²) in [5.74, 6) is -1.11. The molecule has 1 aromatic carbocycles. The van der Waals surface area contributed by atoms with Gasteiger partial charge in [-0.05, 0) is 24.6 Å². The third-order valence-corrected chi connectivity index (χ3v) is 3.35. The van der Waals surface area contributed by atoms with E-state index in [1.165, 1.54) is 6.92 Å². The lowest BCUT2D eigenvalue weighted by Crippen LogP contribution is -2.13. The predicted octanol–water partition coefficient (Wildman–Crippen LogP) is 5.16. The fourth-order valence-electron chi connectivity index (χ4n) is 1.34. The van der Waals surface area contributed by atoms with Crippen molar-refractivity contribution in [1.82, 2.24) is 0 Å². The number of alkyl halides is 3. The van der Waals surface area contributed by atoms with E-state index in [0.29, 0.717) is 6.08 Å². The van der Waals surface area contributed by atoms with Gasteiger partial charge in [0.2, 0.25) is 0 Å². The smallest absolute Gasteiger partial charge is 0.417 e. The molecule has 0 radical (unpaired) electrons. The molecule has 0 atom stereocenters. The molecule has 0 aliphatic heterocycles. The highest BCUT2D eigenvalue weighted by Gasteiger charge is 2.36. The highest BCUT2D eigenvalue weighted by Crippen LogP contribution is 2.39. The van der Waals surface area contributed by atoms with Crippen molar-refractivity contribution in [3.8, 4) is 0 Å². The molecule has 0 aliphatic rings. The standard InChI is InChI=1S/C12H8Cl3F3O2/c1-2-20-10(19)5-7(12(16,17)18)6-3-8(13)11(15)9(14)4-6/h3-5H,2H2,1H3. The number of carbonyl (C=O) groups excluding carboxylic acids is 1. The Hall–Kier alpha value is -0.910. The van der Waals surface area contributed by atoms with Crippen LogP contribution in [-0.4, -0.2) is 18.8 Å². The van der Waals surface area contributed by atoms with Crippen LogP contribution in [0.3, 0.4) is 0 Å². The summed E-state index contributed by atoms with van der Waals surface area (Å²) in [6.45, 7) is 1.44. The zero-order chi connectivity index (χ0) is 15.5. The van der Waals surface area contributed by atoms with Gasteiger partial charge < -0.3 is 4.74 Å². The van der Waals surface area contributed by atoms with Crippen molar-refractivity contribution in [2.75, 3.05) is 6.61 Å². The quantitative estimate of drug-likeness (QED) is 0.429. The highest BCUT2D eigenvalue weighted by atomic mass is 35.5. The van der Waals surface area contributed by atoms with Crippen molar-refractivity contribution in [1.29, 1.82) is 0 Å². The van der Waals surface area contributed by atoms with Crippen molar-refractivity contribution in [3.05, 3.63) is 38.8 Å². The molecule has 0 N–H and O–H groups in total. The Labute approximate surface area is 128 Å². The Bertz CT molecular complexity index is 530. The molecular weight excluding hydrogens is 339 g/mol. The number of ether oxygens (including phenoxy) is 1. The normalized spacial score (nSPS) is 12.4. The Morgan fingerprint density at radius 1 is 1.25 bits per heavy atom. The molecule has 110 valence electrons. The molecule has 0 heterocycles. The second-order valence-corrected chi connectivity index (χ2v) is 4.75. The number of hydrogen-bond donors (Lipinski definition) is 0. The molecule has 2 nitrogen and oxygen atoms in total. The van der Waals surface area contributed by atoms with E-state index in [-0.39, 0.29) is 27.2 Å². The first-order valence-electron chi connectivity index (χ1n) is 5.27. The molecule has 1 aromatic rings. The maximum Gasteiger partial charge on any atom is 0.417 e. The van der Waals surface area contributed by atoms with Crippen LogP contribution >= 0.6 is 34.8 Å². The van der Waals surface area contributed by atoms with E-state index in [1.54, 1.807) is 0 Å². The first kappa shape index (κ1) is 17.1. The molecule has 0 fully saturated rings. The van der Waals surface area contributed by atoms with Crippen LogP contribution in [0.4, 0.5) is 13.2 Å². The Balaban J connectivity index is 3.36. The predicted molar refractivity (Wildman–Crippen MR) is 72.1 cm³/mol. The van der Waals surface area contributed by atoms with Gasteiger partial charge >= 0.3 is 12.1 Å². The molecule has 0 unspecified atom stereocenters. The Morgan fingerprint density at radius 2 is 1.75 bits per heavy atom. The second-order valence-electron chi connectivity index (χ2n) is 3.56. The van der Waals surface area contributed by atoms with Crippen molar-refractivity contribution in [2.45, 2.75) is 13.1 Å². The minimum Gasteiger partial charge on any atom is -0.463 e. The first-order chi connectivity index (χ1) is 9.16. The van der Waals surface area contributed by atoms with E-state index in [1.807, 2.05) is 0 Å². The molecule has 0 amide bonds. The van der Waals surface area contributed by atoms with Crippen LogP contribution in [0.25, 0.3) is 5.57 Å². The van der Waals surface area contributed by atoms with E-state index >= 15 is 0 Å². The van der Waals surface area contributed by atoms with Gasteiger partial charge in [0, 0.05) is 6.08 Å². The third kappa shape index (κ3) is 4.30. The SMILES string of the molecule is CCOC(=O)C=C(c1cc(Cl)c(Cl)c(Cl)c1)C(F)(F)F. The number of allylic oxidation sites excluding steroid dienone is 1. The average Bonchev–Trinajstić information content (AvgIpc) is 2.31.